The first-order chi connectivity index (χ1) is 12.9. The van der Waals surface area contributed by atoms with E-state index >= 15 is 0 Å². The zero-order valence-corrected chi connectivity index (χ0v) is 14.8. The maximum absolute atomic E-state index is 12.4. The Kier molecular flexibility index (Phi) is 5.40. The molecule has 0 saturated heterocycles. The summed E-state index contributed by atoms with van der Waals surface area (Å²) < 4.78 is 5.11. The van der Waals surface area contributed by atoms with Gasteiger partial charge in [0.1, 0.15) is 5.75 Å². The number of carboxylic acids is 1. The van der Waals surface area contributed by atoms with Crippen molar-refractivity contribution in [3.8, 4) is 5.75 Å². The fraction of sp³-hybridized carbons (Fsp3) is 0.250. The number of benzene rings is 2. The number of hydrogen-bond acceptors (Lipinski definition) is 4. The predicted octanol–water partition coefficient (Wildman–Crippen LogP) is 3.06. The highest BCUT2D eigenvalue weighted by molar-refractivity contribution is 6.05. The molecule has 7 heteroatoms. The standard InChI is InChI=1S/C20H20N2O5/c1-12-10-16(27-11-18(23)24)8-9-17(12)22-20(26)14-4-6-15(7-5-14)21-19(25)13-2-3-13/h4-10,13H,2-3,11H2,1H3,(H,21,25)(H,22,26)(H,23,24). The van der Waals surface area contributed by atoms with Gasteiger partial charge in [-0.3, -0.25) is 9.59 Å². The lowest BCUT2D eigenvalue weighted by Crippen LogP contribution is -2.15. The van der Waals surface area contributed by atoms with Crippen LogP contribution >= 0.6 is 0 Å². The third-order valence-electron chi connectivity index (χ3n) is 4.17. The third-order valence-corrected chi connectivity index (χ3v) is 4.17. The molecule has 2 aromatic rings. The Morgan fingerprint density at radius 2 is 1.78 bits per heavy atom. The molecule has 0 aliphatic heterocycles. The van der Waals surface area contributed by atoms with Gasteiger partial charge in [-0.15, -0.1) is 0 Å². The minimum atomic E-state index is -1.05. The summed E-state index contributed by atoms with van der Waals surface area (Å²) in [5, 5.41) is 14.3. The highest BCUT2D eigenvalue weighted by Gasteiger charge is 2.29. The number of carbonyl (C=O) groups excluding carboxylic acids is 2. The molecule has 0 unspecified atom stereocenters. The zero-order valence-electron chi connectivity index (χ0n) is 14.8. The van der Waals surface area contributed by atoms with Crippen LogP contribution in [0.15, 0.2) is 42.5 Å². The van der Waals surface area contributed by atoms with E-state index in [1.54, 1.807) is 49.4 Å². The van der Waals surface area contributed by atoms with Crippen LogP contribution in [0.5, 0.6) is 5.75 Å². The van der Waals surface area contributed by atoms with Crippen molar-refractivity contribution in [3.05, 3.63) is 53.6 Å². The highest BCUT2D eigenvalue weighted by Crippen LogP contribution is 2.30. The van der Waals surface area contributed by atoms with E-state index in [4.69, 9.17) is 9.84 Å². The number of carboxylic acid groups (broad SMARTS) is 1. The van der Waals surface area contributed by atoms with E-state index in [9.17, 15) is 14.4 Å². The van der Waals surface area contributed by atoms with Gasteiger partial charge in [0.15, 0.2) is 6.61 Å². The molecule has 0 aromatic heterocycles. The third kappa shape index (κ3) is 5.07. The van der Waals surface area contributed by atoms with Gasteiger partial charge in [-0.2, -0.15) is 0 Å². The minimum Gasteiger partial charge on any atom is -0.482 e. The van der Waals surface area contributed by atoms with Crippen molar-refractivity contribution in [3.63, 3.8) is 0 Å². The normalized spacial score (nSPS) is 12.9. The maximum Gasteiger partial charge on any atom is 0.341 e. The molecular weight excluding hydrogens is 348 g/mol. The quantitative estimate of drug-likeness (QED) is 0.697. The molecule has 140 valence electrons. The molecule has 0 spiro atoms. The number of nitrogens with one attached hydrogen (secondary N) is 2. The molecule has 0 bridgehead atoms. The van der Waals surface area contributed by atoms with E-state index < -0.39 is 12.6 Å². The van der Waals surface area contributed by atoms with Gasteiger partial charge in [-0.05, 0) is 67.8 Å². The molecule has 2 aromatic carbocycles. The van der Waals surface area contributed by atoms with E-state index in [2.05, 4.69) is 10.6 Å². The molecule has 3 rings (SSSR count). The van der Waals surface area contributed by atoms with Crippen LogP contribution in [0, 0.1) is 12.8 Å². The van der Waals surface area contributed by atoms with Gasteiger partial charge in [-0.25, -0.2) is 4.79 Å². The zero-order chi connectivity index (χ0) is 19.4. The molecule has 1 aliphatic carbocycles. The van der Waals surface area contributed by atoms with Gasteiger partial charge in [0.25, 0.3) is 5.91 Å². The van der Waals surface area contributed by atoms with Crippen molar-refractivity contribution in [2.75, 3.05) is 17.2 Å². The molecule has 3 N–H and O–H groups in total. The lowest BCUT2D eigenvalue weighted by molar-refractivity contribution is -0.139. The summed E-state index contributed by atoms with van der Waals surface area (Å²) in [7, 11) is 0. The Labute approximate surface area is 156 Å². The van der Waals surface area contributed by atoms with Crippen molar-refractivity contribution in [1.29, 1.82) is 0 Å². The fourth-order valence-corrected chi connectivity index (χ4v) is 2.50. The van der Waals surface area contributed by atoms with Crippen molar-refractivity contribution in [2.24, 2.45) is 5.92 Å². The Morgan fingerprint density at radius 1 is 1.07 bits per heavy atom. The Hall–Kier alpha value is -3.35. The number of rotatable bonds is 7. The van der Waals surface area contributed by atoms with Crippen LogP contribution in [0.4, 0.5) is 11.4 Å². The molecular formula is C20H20N2O5. The second-order valence-corrected chi connectivity index (χ2v) is 6.45. The van der Waals surface area contributed by atoms with E-state index in [1.807, 2.05) is 0 Å². The summed E-state index contributed by atoms with van der Waals surface area (Å²) in [4.78, 5) is 34.7. The number of aryl methyl sites for hydroxylation is 1. The van der Waals surface area contributed by atoms with Crippen LogP contribution in [0.3, 0.4) is 0 Å². The van der Waals surface area contributed by atoms with Crippen LogP contribution in [-0.4, -0.2) is 29.5 Å². The van der Waals surface area contributed by atoms with Crippen LogP contribution in [0.2, 0.25) is 0 Å². The van der Waals surface area contributed by atoms with E-state index in [-0.39, 0.29) is 17.7 Å². The first-order valence-corrected chi connectivity index (χ1v) is 8.60. The Bertz CT molecular complexity index is 872. The number of carbonyl (C=O) groups is 3. The smallest absolute Gasteiger partial charge is 0.341 e. The SMILES string of the molecule is Cc1cc(OCC(=O)O)ccc1NC(=O)c1ccc(NC(=O)C2CC2)cc1. The Morgan fingerprint density at radius 3 is 2.37 bits per heavy atom. The van der Waals surface area contributed by atoms with Crippen LogP contribution in [0.1, 0.15) is 28.8 Å². The molecule has 2 amide bonds. The molecule has 27 heavy (non-hydrogen) atoms. The van der Waals surface area contributed by atoms with Gasteiger partial charge in [0, 0.05) is 22.9 Å². The Balaban J connectivity index is 1.60. The first kappa shape index (κ1) is 18.4. The maximum atomic E-state index is 12.4. The number of aliphatic carboxylic acids is 1. The second kappa shape index (κ2) is 7.90. The van der Waals surface area contributed by atoms with Gasteiger partial charge < -0.3 is 20.5 Å². The monoisotopic (exact) mass is 368 g/mol. The summed E-state index contributed by atoms with van der Waals surface area (Å²) in [5.41, 5.74) is 2.48. The van der Waals surface area contributed by atoms with Crippen LogP contribution in [-0.2, 0) is 9.59 Å². The summed E-state index contributed by atoms with van der Waals surface area (Å²) in [6, 6.07) is 11.6. The highest BCUT2D eigenvalue weighted by atomic mass is 16.5. The lowest BCUT2D eigenvalue weighted by Gasteiger charge is -2.11. The van der Waals surface area contributed by atoms with Crippen molar-refractivity contribution in [2.45, 2.75) is 19.8 Å². The lowest BCUT2D eigenvalue weighted by atomic mass is 10.1. The van der Waals surface area contributed by atoms with Crippen molar-refractivity contribution >= 4 is 29.2 Å². The van der Waals surface area contributed by atoms with Gasteiger partial charge in [0.05, 0.1) is 0 Å². The van der Waals surface area contributed by atoms with E-state index in [0.29, 0.717) is 22.7 Å². The number of amides is 2. The largest absolute Gasteiger partial charge is 0.482 e. The number of anilines is 2. The fourth-order valence-electron chi connectivity index (χ4n) is 2.50. The van der Waals surface area contributed by atoms with Crippen LogP contribution in [0.25, 0.3) is 0 Å². The van der Waals surface area contributed by atoms with Gasteiger partial charge in [0.2, 0.25) is 5.91 Å². The average molecular weight is 368 g/mol. The molecule has 0 heterocycles. The molecule has 1 aliphatic rings. The summed E-state index contributed by atoms with van der Waals surface area (Å²) in [6.07, 6.45) is 1.87. The molecule has 1 saturated carbocycles. The first-order valence-electron chi connectivity index (χ1n) is 8.60. The topological polar surface area (TPSA) is 105 Å². The van der Waals surface area contributed by atoms with Gasteiger partial charge >= 0.3 is 5.97 Å². The average Bonchev–Trinajstić information content (AvgIpc) is 3.47. The molecule has 1 fully saturated rings. The predicted molar refractivity (Wildman–Crippen MR) is 100 cm³/mol. The molecule has 7 nitrogen and oxygen atoms in total. The summed E-state index contributed by atoms with van der Waals surface area (Å²) in [5.74, 6) is -0.769. The van der Waals surface area contributed by atoms with Crippen molar-refractivity contribution < 1.29 is 24.2 Å². The van der Waals surface area contributed by atoms with E-state index in [0.717, 1.165) is 18.4 Å². The molecule has 0 radical (unpaired) electrons. The van der Waals surface area contributed by atoms with E-state index in [1.165, 1.54) is 0 Å². The second-order valence-electron chi connectivity index (χ2n) is 6.45. The number of hydrogen-bond donors (Lipinski definition) is 3. The van der Waals surface area contributed by atoms with Gasteiger partial charge in [-0.1, -0.05) is 0 Å². The summed E-state index contributed by atoms with van der Waals surface area (Å²) >= 11 is 0. The van der Waals surface area contributed by atoms with Crippen molar-refractivity contribution in [1.82, 2.24) is 0 Å². The number of ether oxygens (including phenoxy) is 1. The summed E-state index contributed by atoms with van der Waals surface area (Å²) in [6.45, 7) is 1.37. The molecule has 0 atom stereocenters. The minimum absolute atomic E-state index is 0.0213. The van der Waals surface area contributed by atoms with Crippen LogP contribution < -0.4 is 15.4 Å².